The molecule has 2 atom stereocenters. The van der Waals surface area contributed by atoms with E-state index in [4.69, 9.17) is 10.4 Å². The van der Waals surface area contributed by atoms with Crippen LogP contribution in [0.5, 0.6) is 0 Å². The number of hydrogen-bond donors (Lipinski definition) is 2. The Morgan fingerprint density at radius 1 is 1.64 bits per heavy atom. The lowest BCUT2D eigenvalue weighted by Crippen LogP contribution is -2.38. The molecule has 82 valence electrons. The van der Waals surface area contributed by atoms with Crippen molar-refractivity contribution in [1.82, 2.24) is 5.32 Å². The van der Waals surface area contributed by atoms with Gasteiger partial charge in [-0.15, -0.1) is 0 Å². The molecule has 0 aromatic carbocycles. The normalized spacial score (nSPS) is 17.1. The Morgan fingerprint density at radius 3 is 2.71 bits per heavy atom. The van der Waals surface area contributed by atoms with Gasteiger partial charge in [0.05, 0.1) is 6.07 Å². The van der Waals surface area contributed by atoms with E-state index in [0.717, 1.165) is 18.6 Å². The van der Waals surface area contributed by atoms with Gasteiger partial charge in [0.15, 0.2) is 0 Å². The molecule has 0 rings (SSSR count). The summed E-state index contributed by atoms with van der Waals surface area (Å²) in [6.45, 7) is 4.25. The fourth-order valence-electron chi connectivity index (χ4n) is 0.966. The van der Waals surface area contributed by atoms with Gasteiger partial charge in [0, 0.05) is 11.9 Å². The molecule has 14 heavy (non-hydrogen) atoms. The Kier molecular flexibility index (Phi) is 6.98. The zero-order valence-corrected chi connectivity index (χ0v) is 10.0. The van der Waals surface area contributed by atoms with Crippen LogP contribution in [0.3, 0.4) is 0 Å². The zero-order valence-electron chi connectivity index (χ0n) is 9.21. The Hall–Kier alpha value is -0.240. The molecule has 3 nitrogen and oxygen atoms in total. The maximum absolute atomic E-state index is 8.89. The minimum Gasteiger partial charge on any atom is -0.396 e. The third-order valence-electron chi connectivity index (χ3n) is 2.34. The van der Waals surface area contributed by atoms with Gasteiger partial charge in [-0.3, -0.25) is 0 Å². The van der Waals surface area contributed by atoms with Gasteiger partial charge in [-0.1, -0.05) is 6.92 Å². The van der Waals surface area contributed by atoms with Crippen LogP contribution in [0, 0.1) is 11.3 Å². The smallest absolute Gasteiger partial charge is 0.104 e. The molecule has 0 aliphatic heterocycles. The highest BCUT2D eigenvalue weighted by atomic mass is 32.2. The van der Waals surface area contributed by atoms with Crippen molar-refractivity contribution in [3.63, 3.8) is 0 Å². The monoisotopic (exact) mass is 216 g/mol. The molecule has 0 bridgehead atoms. The van der Waals surface area contributed by atoms with E-state index in [9.17, 15) is 0 Å². The number of thioether (sulfide) groups is 1. The third kappa shape index (κ3) is 5.48. The van der Waals surface area contributed by atoms with Crippen LogP contribution < -0.4 is 5.32 Å². The largest absolute Gasteiger partial charge is 0.396 e. The van der Waals surface area contributed by atoms with E-state index in [0.29, 0.717) is 5.25 Å². The molecule has 4 heteroatoms. The van der Waals surface area contributed by atoms with Gasteiger partial charge in [0.25, 0.3) is 0 Å². The fourth-order valence-corrected chi connectivity index (χ4v) is 2.17. The second-order valence-corrected chi connectivity index (χ2v) is 5.18. The topological polar surface area (TPSA) is 56.0 Å². The standard InChI is InChI=1S/C10H20N2OS/c1-9(4-6-13)14-7-5-10(2,8-11)12-3/h9,12-13H,4-7H2,1-3H3. The second kappa shape index (κ2) is 7.10. The van der Waals surface area contributed by atoms with Gasteiger partial charge in [-0.2, -0.15) is 17.0 Å². The number of hydrogen-bond acceptors (Lipinski definition) is 4. The highest BCUT2D eigenvalue weighted by Gasteiger charge is 2.20. The van der Waals surface area contributed by atoms with Gasteiger partial charge in [0.2, 0.25) is 0 Å². The Balaban J connectivity index is 3.68. The van der Waals surface area contributed by atoms with Crippen molar-refractivity contribution in [3.05, 3.63) is 0 Å². The highest BCUT2D eigenvalue weighted by molar-refractivity contribution is 7.99. The van der Waals surface area contributed by atoms with E-state index >= 15 is 0 Å². The highest BCUT2D eigenvalue weighted by Crippen LogP contribution is 2.18. The lowest BCUT2D eigenvalue weighted by Gasteiger charge is -2.21. The van der Waals surface area contributed by atoms with Crippen LogP contribution >= 0.6 is 11.8 Å². The van der Waals surface area contributed by atoms with Crippen molar-refractivity contribution >= 4 is 11.8 Å². The number of nitriles is 1. The van der Waals surface area contributed by atoms with Crippen LogP contribution in [-0.2, 0) is 0 Å². The molecular formula is C10H20N2OS. The lowest BCUT2D eigenvalue weighted by atomic mass is 10.0. The van der Waals surface area contributed by atoms with Crippen molar-refractivity contribution in [1.29, 1.82) is 5.26 Å². The molecule has 0 aromatic rings. The van der Waals surface area contributed by atoms with E-state index in [2.05, 4.69) is 18.3 Å². The molecule has 0 spiro atoms. The predicted octanol–water partition coefficient (Wildman–Crippen LogP) is 1.38. The van der Waals surface area contributed by atoms with E-state index in [-0.39, 0.29) is 6.61 Å². The second-order valence-electron chi connectivity index (χ2n) is 3.64. The van der Waals surface area contributed by atoms with E-state index in [1.165, 1.54) is 0 Å². The average molecular weight is 216 g/mol. The average Bonchev–Trinajstić information content (AvgIpc) is 2.18. The van der Waals surface area contributed by atoms with Crippen LogP contribution in [0.1, 0.15) is 26.7 Å². The summed E-state index contributed by atoms with van der Waals surface area (Å²) in [5, 5.41) is 21.1. The maximum Gasteiger partial charge on any atom is 0.104 e. The summed E-state index contributed by atoms with van der Waals surface area (Å²) in [7, 11) is 1.81. The number of nitrogens with one attached hydrogen (secondary N) is 1. The van der Waals surface area contributed by atoms with Crippen LogP contribution in [-0.4, -0.2) is 35.3 Å². The van der Waals surface area contributed by atoms with E-state index < -0.39 is 5.54 Å². The van der Waals surface area contributed by atoms with Crippen molar-refractivity contribution in [2.75, 3.05) is 19.4 Å². The molecule has 0 heterocycles. The first-order valence-corrected chi connectivity index (χ1v) is 5.95. The zero-order chi connectivity index (χ0) is 11.0. The molecule has 0 saturated heterocycles. The van der Waals surface area contributed by atoms with Gasteiger partial charge in [-0.25, -0.2) is 0 Å². The molecule has 0 radical (unpaired) electrons. The molecule has 0 amide bonds. The van der Waals surface area contributed by atoms with E-state index in [1.54, 1.807) is 0 Å². The first-order chi connectivity index (χ1) is 6.58. The SMILES string of the molecule is CNC(C)(C#N)CCSC(C)CCO. The lowest BCUT2D eigenvalue weighted by molar-refractivity contribution is 0.289. The van der Waals surface area contributed by atoms with Crippen molar-refractivity contribution in [2.24, 2.45) is 0 Å². The van der Waals surface area contributed by atoms with Gasteiger partial charge >= 0.3 is 0 Å². The first kappa shape index (κ1) is 13.8. The summed E-state index contributed by atoms with van der Waals surface area (Å²) >= 11 is 1.81. The van der Waals surface area contributed by atoms with E-state index in [1.807, 2.05) is 25.7 Å². The Bertz CT molecular complexity index is 193. The summed E-state index contributed by atoms with van der Waals surface area (Å²) in [5.74, 6) is 0.950. The minimum absolute atomic E-state index is 0.246. The predicted molar refractivity (Wildman–Crippen MR) is 61.3 cm³/mol. The minimum atomic E-state index is -0.411. The number of nitrogens with zero attached hydrogens (tertiary/aromatic N) is 1. The third-order valence-corrected chi connectivity index (χ3v) is 3.58. The Morgan fingerprint density at radius 2 is 2.29 bits per heavy atom. The van der Waals surface area contributed by atoms with Gasteiger partial charge < -0.3 is 10.4 Å². The quantitative estimate of drug-likeness (QED) is 0.675. The summed E-state index contributed by atoms with van der Waals surface area (Å²) in [4.78, 5) is 0. The fraction of sp³-hybridized carbons (Fsp3) is 0.900. The molecule has 0 aliphatic rings. The van der Waals surface area contributed by atoms with Crippen LogP contribution in [0.4, 0.5) is 0 Å². The molecule has 0 aliphatic carbocycles. The van der Waals surface area contributed by atoms with Crippen molar-refractivity contribution in [3.8, 4) is 6.07 Å². The van der Waals surface area contributed by atoms with Crippen molar-refractivity contribution < 1.29 is 5.11 Å². The molecule has 0 aromatic heterocycles. The van der Waals surface area contributed by atoms with Crippen LogP contribution in [0.15, 0.2) is 0 Å². The maximum atomic E-state index is 8.89. The van der Waals surface area contributed by atoms with Crippen LogP contribution in [0.25, 0.3) is 0 Å². The molecule has 2 N–H and O–H groups in total. The summed E-state index contributed by atoms with van der Waals surface area (Å²) < 4.78 is 0. The summed E-state index contributed by atoms with van der Waals surface area (Å²) in [6.07, 6.45) is 1.66. The Labute approximate surface area is 90.9 Å². The number of rotatable bonds is 7. The molecular weight excluding hydrogens is 196 g/mol. The summed E-state index contributed by atoms with van der Waals surface area (Å²) in [6, 6.07) is 2.26. The van der Waals surface area contributed by atoms with Crippen LogP contribution in [0.2, 0.25) is 0 Å². The number of aliphatic hydroxyl groups is 1. The van der Waals surface area contributed by atoms with Gasteiger partial charge in [-0.05, 0) is 32.6 Å². The summed E-state index contributed by atoms with van der Waals surface area (Å²) in [5.41, 5.74) is -0.411. The first-order valence-electron chi connectivity index (χ1n) is 4.90. The van der Waals surface area contributed by atoms with Gasteiger partial charge in [0.1, 0.15) is 5.54 Å². The number of aliphatic hydroxyl groups excluding tert-OH is 1. The molecule has 0 saturated carbocycles. The van der Waals surface area contributed by atoms with Crippen molar-refractivity contribution in [2.45, 2.75) is 37.5 Å². The molecule has 0 fully saturated rings. The molecule has 2 unspecified atom stereocenters.